The van der Waals surface area contributed by atoms with E-state index in [4.69, 9.17) is 5.11 Å². The third-order valence-corrected chi connectivity index (χ3v) is 6.75. The molecule has 1 atom stereocenters. The van der Waals surface area contributed by atoms with Crippen LogP contribution in [0.1, 0.15) is 32.8 Å². The summed E-state index contributed by atoms with van der Waals surface area (Å²) in [5.74, 6) is -1.79. The second-order valence-corrected chi connectivity index (χ2v) is 10.0. The maximum atomic E-state index is 12.8. The molecule has 0 amide bonds. The molecule has 3 aromatic rings. The molecule has 0 bridgehead atoms. The number of aromatic nitrogens is 2. The molecule has 29 heavy (non-hydrogen) atoms. The van der Waals surface area contributed by atoms with Crippen LogP contribution in [0.25, 0.3) is 16.5 Å². The Bertz CT molecular complexity index is 1090. The number of carboxylic acids is 1. The number of carboxylic acid groups (broad SMARTS) is 1. The molecule has 2 aromatic carbocycles. The smallest absolute Gasteiger partial charge is 0.306 e. The Morgan fingerprint density at radius 3 is 2.52 bits per heavy atom. The molecule has 152 valence electrons. The number of ketones is 1. The van der Waals surface area contributed by atoms with Crippen LogP contribution in [0.4, 0.5) is 0 Å². The summed E-state index contributed by atoms with van der Waals surface area (Å²) in [6.45, 7) is 7.26. The van der Waals surface area contributed by atoms with E-state index in [1.165, 1.54) is 17.3 Å². The number of aryl methyl sites for hydroxylation is 1. The van der Waals surface area contributed by atoms with Gasteiger partial charge in [0.25, 0.3) is 0 Å². The Morgan fingerprint density at radius 1 is 1.21 bits per heavy atom. The molecule has 0 saturated carbocycles. The Balaban J connectivity index is 2.00. The molecule has 1 unspecified atom stereocenters. The molecular weight excluding hydrogens is 452 g/mol. The summed E-state index contributed by atoms with van der Waals surface area (Å²) >= 11 is 4.93. The van der Waals surface area contributed by atoms with Crippen LogP contribution in [0, 0.1) is 12.8 Å². The predicted molar refractivity (Wildman–Crippen MR) is 120 cm³/mol. The molecule has 0 aliphatic carbocycles. The number of imidazole rings is 1. The molecular formula is C22H23BrN2O3S. The molecule has 1 aromatic heterocycles. The summed E-state index contributed by atoms with van der Waals surface area (Å²) < 4.78 is 1.96. The molecule has 0 aliphatic rings. The third kappa shape index (κ3) is 4.41. The van der Waals surface area contributed by atoms with E-state index in [2.05, 4.69) is 52.1 Å². The molecule has 7 heteroatoms. The minimum atomic E-state index is -0.963. The molecule has 0 aliphatic heterocycles. The summed E-state index contributed by atoms with van der Waals surface area (Å²) in [5.41, 5.74) is 2.16. The summed E-state index contributed by atoms with van der Waals surface area (Å²) in [5, 5.41) is 12.1. The van der Waals surface area contributed by atoms with Gasteiger partial charge in [-0.2, -0.15) is 0 Å². The number of rotatable bonds is 7. The van der Waals surface area contributed by atoms with Crippen molar-refractivity contribution >= 4 is 50.2 Å². The van der Waals surface area contributed by atoms with E-state index < -0.39 is 16.6 Å². The Morgan fingerprint density at radius 2 is 1.86 bits per heavy atom. The molecule has 0 radical (unpaired) electrons. The molecule has 0 spiro atoms. The van der Waals surface area contributed by atoms with Crippen molar-refractivity contribution in [2.75, 3.05) is 0 Å². The van der Waals surface area contributed by atoms with Gasteiger partial charge in [-0.1, -0.05) is 49.0 Å². The predicted octanol–water partition coefficient (Wildman–Crippen LogP) is 5.65. The van der Waals surface area contributed by atoms with E-state index in [9.17, 15) is 9.59 Å². The van der Waals surface area contributed by atoms with Crippen molar-refractivity contribution in [1.82, 2.24) is 9.55 Å². The average Bonchev–Trinajstić information content (AvgIpc) is 3.01. The van der Waals surface area contributed by atoms with E-state index in [0.717, 1.165) is 21.1 Å². The van der Waals surface area contributed by atoms with E-state index in [0.29, 0.717) is 5.16 Å². The fourth-order valence-electron chi connectivity index (χ4n) is 3.13. The Hall–Kier alpha value is -2.12. The summed E-state index contributed by atoms with van der Waals surface area (Å²) in [6.07, 6.45) is 1.71. The van der Waals surface area contributed by atoms with Gasteiger partial charge in [0.05, 0.1) is 22.5 Å². The minimum absolute atomic E-state index is 0.00925. The van der Waals surface area contributed by atoms with Gasteiger partial charge < -0.3 is 5.11 Å². The highest BCUT2D eigenvalue weighted by Crippen LogP contribution is 2.38. The van der Waals surface area contributed by atoms with Gasteiger partial charge in [-0.25, -0.2) is 4.98 Å². The van der Waals surface area contributed by atoms with Crippen LogP contribution < -0.4 is 0 Å². The van der Waals surface area contributed by atoms with Gasteiger partial charge in [-0.05, 0) is 53.7 Å². The lowest BCUT2D eigenvalue weighted by atomic mass is 9.97. The van der Waals surface area contributed by atoms with Crippen LogP contribution in [-0.2, 0) is 9.59 Å². The Kier molecular flexibility index (Phi) is 6.19. The zero-order valence-electron chi connectivity index (χ0n) is 16.8. The first-order chi connectivity index (χ1) is 13.6. The lowest BCUT2D eigenvalue weighted by molar-refractivity contribution is -0.143. The normalized spacial score (nSPS) is 12.9. The number of aliphatic carboxylic acids is 1. The van der Waals surface area contributed by atoms with E-state index in [1.807, 2.05) is 30.5 Å². The molecule has 0 saturated heterocycles. The van der Waals surface area contributed by atoms with Gasteiger partial charge in [-0.3, -0.25) is 14.2 Å². The van der Waals surface area contributed by atoms with E-state index >= 15 is 0 Å². The zero-order valence-corrected chi connectivity index (χ0v) is 19.2. The van der Waals surface area contributed by atoms with Crippen molar-refractivity contribution in [3.8, 4) is 5.69 Å². The van der Waals surface area contributed by atoms with Gasteiger partial charge in [0.2, 0.25) is 0 Å². The molecule has 1 N–H and O–H groups in total. The first-order valence-corrected chi connectivity index (χ1v) is 10.9. The SMILES string of the molecule is Cc1ccc(-n2c(Br)cnc2SC(C)(C)C(=O)CC(C)C(=O)O)c2ccccc12. The summed E-state index contributed by atoms with van der Waals surface area (Å²) in [6, 6.07) is 12.3. The highest BCUT2D eigenvalue weighted by molar-refractivity contribution is 9.10. The second-order valence-electron chi connectivity index (χ2n) is 7.63. The van der Waals surface area contributed by atoms with Crippen LogP contribution in [0.2, 0.25) is 0 Å². The van der Waals surface area contributed by atoms with Crippen LogP contribution >= 0.6 is 27.7 Å². The highest BCUT2D eigenvalue weighted by atomic mass is 79.9. The maximum Gasteiger partial charge on any atom is 0.306 e. The van der Waals surface area contributed by atoms with E-state index in [1.54, 1.807) is 13.1 Å². The molecule has 5 nitrogen and oxygen atoms in total. The molecule has 1 heterocycles. The van der Waals surface area contributed by atoms with Crippen molar-refractivity contribution in [3.63, 3.8) is 0 Å². The van der Waals surface area contributed by atoms with Crippen molar-refractivity contribution in [1.29, 1.82) is 0 Å². The van der Waals surface area contributed by atoms with Crippen LogP contribution in [0.5, 0.6) is 0 Å². The number of hydrogen-bond donors (Lipinski definition) is 1. The fourth-order valence-corrected chi connectivity index (χ4v) is 4.76. The quantitative estimate of drug-likeness (QED) is 0.448. The average molecular weight is 475 g/mol. The molecule has 0 fully saturated rings. The number of carbonyl (C=O) groups is 2. The third-order valence-electron chi connectivity index (χ3n) is 4.98. The highest BCUT2D eigenvalue weighted by Gasteiger charge is 2.33. The number of benzene rings is 2. The van der Waals surface area contributed by atoms with Gasteiger partial charge in [0.15, 0.2) is 5.16 Å². The number of nitrogens with zero attached hydrogens (tertiary/aromatic N) is 2. The second kappa shape index (κ2) is 8.32. The van der Waals surface area contributed by atoms with Gasteiger partial charge in [0, 0.05) is 11.8 Å². The number of hydrogen-bond acceptors (Lipinski definition) is 4. The minimum Gasteiger partial charge on any atom is -0.481 e. The lowest BCUT2D eigenvalue weighted by Crippen LogP contribution is -2.31. The standard InChI is InChI=1S/C22H23BrN2O3S/c1-13-9-10-17(16-8-6-5-7-15(13)16)25-19(23)12-24-21(25)29-22(3,4)18(26)11-14(2)20(27)28/h5-10,12,14H,11H2,1-4H3,(H,27,28). The maximum absolute atomic E-state index is 12.8. The van der Waals surface area contributed by atoms with E-state index in [-0.39, 0.29) is 12.2 Å². The molecule has 3 rings (SSSR count). The van der Waals surface area contributed by atoms with Crippen molar-refractivity contribution in [3.05, 3.63) is 52.8 Å². The Labute approximate surface area is 182 Å². The van der Waals surface area contributed by atoms with Gasteiger partial charge >= 0.3 is 5.97 Å². The first-order valence-electron chi connectivity index (χ1n) is 9.29. The number of carbonyl (C=O) groups excluding carboxylic acids is 1. The zero-order chi connectivity index (χ0) is 21.3. The van der Waals surface area contributed by atoms with Gasteiger partial charge in [-0.15, -0.1) is 0 Å². The lowest BCUT2D eigenvalue weighted by Gasteiger charge is -2.24. The number of Topliss-reactive ketones (excluding diaryl/α,β-unsaturated/α-hetero) is 1. The van der Waals surface area contributed by atoms with Crippen molar-refractivity contribution in [2.24, 2.45) is 5.92 Å². The summed E-state index contributed by atoms with van der Waals surface area (Å²) in [4.78, 5) is 28.4. The van der Waals surface area contributed by atoms with Crippen molar-refractivity contribution in [2.45, 2.75) is 44.0 Å². The fraction of sp³-hybridized carbons (Fsp3) is 0.318. The van der Waals surface area contributed by atoms with Crippen LogP contribution in [0.3, 0.4) is 0 Å². The van der Waals surface area contributed by atoms with Crippen LogP contribution in [0.15, 0.2) is 52.4 Å². The number of thioether (sulfide) groups is 1. The largest absolute Gasteiger partial charge is 0.481 e. The number of halogens is 1. The monoisotopic (exact) mass is 474 g/mol. The van der Waals surface area contributed by atoms with Crippen molar-refractivity contribution < 1.29 is 14.7 Å². The summed E-state index contributed by atoms with van der Waals surface area (Å²) in [7, 11) is 0. The van der Waals surface area contributed by atoms with Gasteiger partial charge in [0.1, 0.15) is 10.4 Å². The topological polar surface area (TPSA) is 72.2 Å². The van der Waals surface area contributed by atoms with Crippen LogP contribution in [-0.4, -0.2) is 31.2 Å². The number of fused-ring (bicyclic) bond motifs is 1. The first kappa shape index (κ1) is 21.6.